The van der Waals surface area contributed by atoms with Crippen molar-refractivity contribution in [1.82, 2.24) is 0 Å². The molecular weight excluding hydrogens is 627 g/mol. The molecule has 0 saturated carbocycles. The summed E-state index contributed by atoms with van der Waals surface area (Å²) >= 11 is 0. The zero-order chi connectivity index (χ0) is 34.0. The van der Waals surface area contributed by atoms with Crippen LogP contribution in [-0.4, -0.2) is 11.4 Å². The number of allylic oxidation sites excluding steroid dienone is 2. The molecule has 2 rings (SSSR count). The number of hydrogen-bond donors (Lipinski definition) is 0. The molecule has 0 saturated heterocycles. The minimum atomic E-state index is 0. The fourth-order valence-corrected chi connectivity index (χ4v) is 6.29. The van der Waals surface area contributed by atoms with Crippen molar-refractivity contribution in [1.29, 1.82) is 0 Å². The molecule has 0 atom stereocenters. The van der Waals surface area contributed by atoms with Gasteiger partial charge in [-0.25, -0.2) is 4.99 Å². The normalized spacial score (nSPS) is 12.2. The van der Waals surface area contributed by atoms with Crippen LogP contribution in [0.5, 0.6) is 0 Å². The number of unbranched alkanes of at least 4 members (excludes halogenated alkanes) is 12. The van der Waals surface area contributed by atoms with E-state index >= 15 is 0 Å². The summed E-state index contributed by atoms with van der Waals surface area (Å²) in [5, 5.41) is 0. The second-order valence-corrected chi connectivity index (χ2v) is 13.8. The van der Waals surface area contributed by atoms with Crippen LogP contribution in [0.3, 0.4) is 0 Å². The average molecular weight is 700 g/mol. The SMILES string of the molecule is CCCCCCCC=CC(=Nc1cc(CCCCC)cc(CCCCC)c1)C(CCCC)=Nc1ccc(CCCC)c(CCCC)c1.[Ni]. The van der Waals surface area contributed by atoms with Gasteiger partial charge in [0.25, 0.3) is 0 Å². The Balaban J connectivity index is 0.0000115. The van der Waals surface area contributed by atoms with Crippen LogP contribution in [0.25, 0.3) is 0 Å². The van der Waals surface area contributed by atoms with E-state index < -0.39 is 0 Å². The predicted molar refractivity (Wildman–Crippen MR) is 213 cm³/mol. The Morgan fingerprint density at radius 1 is 0.500 bits per heavy atom. The van der Waals surface area contributed by atoms with Gasteiger partial charge in [0.15, 0.2) is 0 Å². The molecule has 0 amide bonds. The molecule has 48 heavy (non-hydrogen) atoms. The molecule has 2 aromatic rings. The number of hydrogen-bond acceptors (Lipinski definition) is 2. The van der Waals surface area contributed by atoms with Crippen molar-refractivity contribution in [3.63, 3.8) is 0 Å². The van der Waals surface area contributed by atoms with Crippen LogP contribution >= 0.6 is 0 Å². The third-order valence-electron chi connectivity index (χ3n) is 9.29. The Morgan fingerprint density at radius 3 is 1.67 bits per heavy atom. The van der Waals surface area contributed by atoms with Crippen molar-refractivity contribution < 1.29 is 16.5 Å². The molecule has 0 aliphatic heterocycles. The fraction of sp³-hybridized carbons (Fsp3) is 0.644. The molecule has 0 fully saturated rings. The Morgan fingerprint density at radius 2 is 1.06 bits per heavy atom. The number of aryl methyl sites for hydroxylation is 4. The van der Waals surface area contributed by atoms with Crippen LogP contribution in [0, 0.1) is 0 Å². The largest absolute Gasteiger partial charge is 0.251 e. The molecule has 2 nitrogen and oxygen atoms in total. The Labute approximate surface area is 308 Å². The summed E-state index contributed by atoms with van der Waals surface area (Å²) in [6, 6.07) is 14.2. The predicted octanol–water partition coefficient (Wildman–Crippen LogP) is 14.8. The van der Waals surface area contributed by atoms with E-state index in [2.05, 4.69) is 90.1 Å². The van der Waals surface area contributed by atoms with Crippen molar-refractivity contribution in [3.05, 3.63) is 70.8 Å². The minimum absolute atomic E-state index is 0. The van der Waals surface area contributed by atoms with E-state index in [1.165, 1.54) is 125 Å². The molecule has 0 aliphatic rings. The molecule has 0 radical (unpaired) electrons. The first-order chi connectivity index (χ1) is 23.1. The quantitative estimate of drug-likeness (QED) is 0.0504. The van der Waals surface area contributed by atoms with Gasteiger partial charge in [0.2, 0.25) is 0 Å². The Kier molecular flexibility index (Phi) is 26.4. The summed E-state index contributed by atoms with van der Waals surface area (Å²) in [7, 11) is 0. The number of aliphatic imine (C=N–C) groups is 2. The second-order valence-electron chi connectivity index (χ2n) is 13.8. The van der Waals surface area contributed by atoms with E-state index in [0.29, 0.717) is 0 Å². The molecule has 3 heteroatoms. The van der Waals surface area contributed by atoms with E-state index in [1.807, 2.05) is 0 Å². The van der Waals surface area contributed by atoms with Crippen LogP contribution in [0.2, 0.25) is 0 Å². The van der Waals surface area contributed by atoms with E-state index in [4.69, 9.17) is 9.98 Å². The van der Waals surface area contributed by atoms with Crippen molar-refractivity contribution in [3.8, 4) is 0 Å². The number of nitrogens with zero attached hydrogens (tertiary/aromatic N) is 2. The summed E-state index contributed by atoms with van der Waals surface area (Å²) in [5.41, 5.74) is 10.3. The standard InChI is InChI=1S/C45H72N2.Ni/c1-7-13-19-20-21-22-25-31-45(47-43-35-38(26-23-14-8-2)34-39(36-43)27-24-15-9-3)44(30-18-12-6)46-42-33-32-40(28-16-10-4)41(37-42)29-17-11-5;/h25,31-37H,7-24,26-30H2,1-6H3;. The van der Waals surface area contributed by atoms with E-state index in [-0.39, 0.29) is 16.5 Å². The summed E-state index contributed by atoms with van der Waals surface area (Å²) in [6.45, 7) is 13.8. The van der Waals surface area contributed by atoms with Gasteiger partial charge >= 0.3 is 0 Å². The Hall–Kier alpha value is -1.99. The maximum atomic E-state index is 5.46. The smallest absolute Gasteiger partial charge is 0.0848 e. The van der Waals surface area contributed by atoms with Crippen molar-refractivity contribution in [2.45, 2.75) is 189 Å². The van der Waals surface area contributed by atoms with Crippen molar-refractivity contribution >= 4 is 22.8 Å². The van der Waals surface area contributed by atoms with Gasteiger partial charge in [-0.1, -0.05) is 130 Å². The maximum absolute atomic E-state index is 5.46. The van der Waals surface area contributed by atoms with Gasteiger partial charge in [-0.2, -0.15) is 0 Å². The Bertz CT molecular complexity index is 1160. The van der Waals surface area contributed by atoms with Gasteiger partial charge in [0, 0.05) is 16.5 Å². The monoisotopic (exact) mass is 699 g/mol. The zero-order valence-corrected chi connectivity index (χ0v) is 33.1. The third kappa shape index (κ3) is 18.7. The van der Waals surface area contributed by atoms with E-state index in [9.17, 15) is 0 Å². The molecule has 0 unspecified atom stereocenters. The van der Waals surface area contributed by atoms with Crippen LogP contribution < -0.4 is 0 Å². The second kappa shape index (κ2) is 28.8. The average Bonchev–Trinajstić information content (AvgIpc) is 3.08. The molecule has 0 bridgehead atoms. The minimum Gasteiger partial charge on any atom is -0.251 e. The van der Waals surface area contributed by atoms with Gasteiger partial charge in [-0.05, 0) is 130 Å². The third-order valence-corrected chi connectivity index (χ3v) is 9.29. The van der Waals surface area contributed by atoms with Crippen LogP contribution in [-0.2, 0) is 42.2 Å². The van der Waals surface area contributed by atoms with E-state index in [0.717, 1.165) is 67.7 Å². The van der Waals surface area contributed by atoms with Crippen molar-refractivity contribution in [2.24, 2.45) is 9.98 Å². The molecule has 0 aromatic heterocycles. The molecule has 272 valence electrons. The molecule has 0 aliphatic carbocycles. The first-order valence-corrected chi connectivity index (χ1v) is 20.2. The maximum Gasteiger partial charge on any atom is 0.0848 e. The molecular formula is C45H72N2Ni. The van der Waals surface area contributed by atoms with Crippen LogP contribution in [0.4, 0.5) is 11.4 Å². The topological polar surface area (TPSA) is 24.7 Å². The number of rotatable bonds is 27. The van der Waals surface area contributed by atoms with Crippen molar-refractivity contribution in [2.75, 3.05) is 0 Å². The summed E-state index contributed by atoms with van der Waals surface area (Å²) in [5.74, 6) is 0. The number of benzene rings is 2. The van der Waals surface area contributed by atoms with Gasteiger partial charge in [0.05, 0.1) is 22.8 Å². The van der Waals surface area contributed by atoms with Crippen LogP contribution in [0.1, 0.15) is 186 Å². The van der Waals surface area contributed by atoms with Gasteiger partial charge in [-0.3, -0.25) is 4.99 Å². The summed E-state index contributed by atoms with van der Waals surface area (Å²) in [4.78, 5) is 10.9. The van der Waals surface area contributed by atoms with Gasteiger partial charge < -0.3 is 0 Å². The molecule has 2 aromatic carbocycles. The van der Waals surface area contributed by atoms with Crippen LogP contribution in [0.15, 0.2) is 58.5 Å². The van der Waals surface area contributed by atoms with Gasteiger partial charge in [-0.15, -0.1) is 0 Å². The summed E-state index contributed by atoms with van der Waals surface area (Å²) in [6.07, 6.45) is 32.7. The molecule has 0 N–H and O–H groups in total. The van der Waals surface area contributed by atoms with Gasteiger partial charge in [0.1, 0.15) is 0 Å². The fourth-order valence-electron chi connectivity index (χ4n) is 6.29. The molecule has 0 spiro atoms. The zero-order valence-electron chi connectivity index (χ0n) is 32.1. The van der Waals surface area contributed by atoms with E-state index in [1.54, 1.807) is 0 Å². The first kappa shape index (κ1) is 44.0. The molecule has 0 heterocycles. The first-order valence-electron chi connectivity index (χ1n) is 20.2. The summed E-state index contributed by atoms with van der Waals surface area (Å²) < 4.78 is 0.